The van der Waals surface area contributed by atoms with E-state index in [2.05, 4.69) is 23.4 Å². The van der Waals surface area contributed by atoms with E-state index in [0.717, 1.165) is 59.6 Å². The summed E-state index contributed by atoms with van der Waals surface area (Å²) < 4.78 is 0. The van der Waals surface area contributed by atoms with E-state index in [1.54, 1.807) is 6.07 Å². The van der Waals surface area contributed by atoms with Gasteiger partial charge in [0, 0.05) is 31.7 Å². The van der Waals surface area contributed by atoms with Crippen LogP contribution in [0, 0.1) is 0 Å². The number of benzene rings is 2. The Morgan fingerprint density at radius 1 is 1.11 bits per heavy atom. The first-order valence-corrected chi connectivity index (χ1v) is 9.38. The number of likely N-dealkylation sites (N-methyl/N-ethyl adjacent to an activating group) is 1. The van der Waals surface area contributed by atoms with E-state index in [-0.39, 0.29) is 5.75 Å². The van der Waals surface area contributed by atoms with Crippen molar-refractivity contribution in [3.8, 4) is 17.0 Å². The molecular formula is C23H23N3O2. The van der Waals surface area contributed by atoms with Gasteiger partial charge in [-0.15, -0.1) is 0 Å². The van der Waals surface area contributed by atoms with Crippen molar-refractivity contribution in [2.24, 2.45) is 0 Å². The zero-order valence-electron chi connectivity index (χ0n) is 15.9. The van der Waals surface area contributed by atoms with E-state index >= 15 is 0 Å². The Kier molecular flexibility index (Phi) is 4.84. The smallest absolute Gasteiger partial charge is 0.154 e. The van der Waals surface area contributed by atoms with Crippen LogP contribution >= 0.6 is 0 Å². The number of piperazine rings is 1. The van der Waals surface area contributed by atoms with E-state index in [9.17, 15) is 9.90 Å². The first-order valence-electron chi connectivity index (χ1n) is 9.38. The number of aromatic hydroxyl groups is 1. The van der Waals surface area contributed by atoms with Gasteiger partial charge in [0.05, 0.1) is 22.6 Å². The topological polar surface area (TPSA) is 56.7 Å². The molecule has 3 aromatic rings. The Morgan fingerprint density at radius 3 is 2.64 bits per heavy atom. The van der Waals surface area contributed by atoms with Crippen LogP contribution in [0.5, 0.6) is 5.75 Å². The van der Waals surface area contributed by atoms with Crippen LogP contribution in [0.2, 0.25) is 0 Å². The molecule has 1 aromatic heterocycles. The lowest BCUT2D eigenvalue weighted by Crippen LogP contribution is -2.43. The largest absolute Gasteiger partial charge is 0.507 e. The van der Waals surface area contributed by atoms with Crippen LogP contribution in [0.4, 0.5) is 0 Å². The van der Waals surface area contributed by atoms with Gasteiger partial charge in [-0.1, -0.05) is 30.8 Å². The number of hydrogen-bond donors (Lipinski definition) is 1. The third kappa shape index (κ3) is 3.37. The Balaban J connectivity index is 1.66. The molecule has 2 aromatic carbocycles. The number of aldehydes is 1. The lowest BCUT2D eigenvalue weighted by molar-refractivity contribution is 0.112. The summed E-state index contributed by atoms with van der Waals surface area (Å²) in [5.74, 6) is -0.00107. The van der Waals surface area contributed by atoms with Crippen molar-refractivity contribution in [2.45, 2.75) is 0 Å². The van der Waals surface area contributed by atoms with Crippen molar-refractivity contribution in [1.29, 1.82) is 0 Å². The predicted molar refractivity (Wildman–Crippen MR) is 112 cm³/mol. The molecule has 1 N–H and O–H groups in total. The fourth-order valence-corrected chi connectivity index (χ4v) is 3.62. The molecule has 0 aliphatic carbocycles. The van der Waals surface area contributed by atoms with Crippen molar-refractivity contribution >= 4 is 22.8 Å². The number of carbonyl (C=O) groups is 1. The van der Waals surface area contributed by atoms with Crippen molar-refractivity contribution < 1.29 is 9.90 Å². The summed E-state index contributed by atoms with van der Waals surface area (Å²) >= 11 is 0. The number of hydrogen-bond acceptors (Lipinski definition) is 5. The second-order valence-electron chi connectivity index (χ2n) is 7.20. The zero-order valence-corrected chi connectivity index (χ0v) is 15.9. The van der Waals surface area contributed by atoms with Gasteiger partial charge in [0.15, 0.2) is 6.29 Å². The van der Waals surface area contributed by atoms with Crippen LogP contribution < -0.4 is 0 Å². The number of pyridine rings is 1. The molecule has 0 atom stereocenters. The first-order chi connectivity index (χ1) is 13.6. The standard InChI is InChI=1S/C23H23N3O2/c1-16(26-12-10-25(2)11-13-26)21-4-3-5-22(24-21)18-6-8-19-17(14-18)7-9-23(28)20(19)15-27/h3-9,14-15,28H,1,10-13H2,2H3. The van der Waals surface area contributed by atoms with Crippen LogP contribution in [0.25, 0.3) is 27.7 Å². The van der Waals surface area contributed by atoms with Crippen molar-refractivity contribution in [3.63, 3.8) is 0 Å². The fourth-order valence-electron chi connectivity index (χ4n) is 3.62. The Labute approximate surface area is 164 Å². The quantitative estimate of drug-likeness (QED) is 0.708. The van der Waals surface area contributed by atoms with Crippen LogP contribution in [-0.4, -0.2) is 59.4 Å². The monoisotopic (exact) mass is 373 g/mol. The van der Waals surface area contributed by atoms with E-state index in [0.29, 0.717) is 11.8 Å². The van der Waals surface area contributed by atoms with Crippen LogP contribution in [0.1, 0.15) is 16.1 Å². The van der Waals surface area contributed by atoms with Gasteiger partial charge in [0.25, 0.3) is 0 Å². The minimum Gasteiger partial charge on any atom is -0.507 e. The number of carbonyl (C=O) groups excluding carboxylic acids is 1. The lowest BCUT2D eigenvalue weighted by atomic mass is 10.0. The van der Waals surface area contributed by atoms with Gasteiger partial charge in [-0.2, -0.15) is 0 Å². The highest BCUT2D eigenvalue weighted by atomic mass is 16.3. The molecule has 1 fully saturated rings. The molecule has 1 aliphatic heterocycles. The van der Waals surface area contributed by atoms with Gasteiger partial charge in [-0.3, -0.25) is 4.79 Å². The molecule has 0 spiro atoms. The molecule has 142 valence electrons. The third-order valence-corrected chi connectivity index (χ3v) is 5.38. The van der Waals surface area contributed by atoms with Gasteiger partial charge in [0.1, 0.15) is 5.75 Å². The number of phenolic OH excluding ortho intramolecular Hbond substituents is 1. The fraction of sp³-hybridized carbons (Fsp3) is 0.217. The molecular weight excluding hydrogens is 350 g/mol. The number of phenols is 1. The average Bonchev–Trinajstić information content (AvgIpc) is 2.73. The highest BCUT2D eigenvalue weighted by Gasteiger charge is 2.17. The molecule has 0 unspecified atom stereocenters. The summed E-state index contributed by atoms with van der Waals surface area (Å²) in [4.78, 5) is 20.7. The van der Waals surface area contributed by atoms with E-state index < -0.39 is 0 Å². The maximum absolute atomic E-state index is 11.3. The van der Waals surface area contributed by atoms with Crippen molar-refractivity contribution in [3.05, 3.63) is 66.4 Å². The lowest BCUT2D eigenvalue weighted by Gasteiger charge is -2.34. The Morgan fingerprint density at radius 2 is 1.89 bits per heavy atom. The second-order valence-corrected chi connectivity index (χ2v) is 7.20. The van der Waals surface area contributed by atoms with Crippen molar-refractivity contribution in [1.82, 2.24) is 14.8 Å². The molecule has 0 amide bonds. The Hall–Kier alpha value is -3.18. The summed E-state index contributed by atoms with van der Waals surface area (Å²) in [6.07, 6.45) is 0.691. The molecule has 28 heavy (non-hydrogen) atoms. The molecule has 2 heterocycles. The normalized spacial score (nSPS) is 15.0. The van der Waals surface area contributed by atoms with Gasteiger partial charge in [-0.25, -0.2) is 4.98 Å². The summed E-state index contributed by atoms with van der Waals surface area (Å²) in [6.45, 7) is 8.22. The van der Waals surface area contributed by atoms with Crippen LogP contribution in [0.15, 0.2) is 55.1 Å². The highest BCUT2D eigenvalue weighted by molar-refractivity contribution is 6.01. The second kappa shape index (κ2) is 7.44. The SMILES string of the molecule is C=C(c1cccc(-c2ccc3c(C=O)c(O)ccc3c2)n1)N1CCN(C)CC1. The maximum atomic E-state index is 11.3. The van der Waals surface area contributed by atoms with Gasteiger partial charge in [0.2, 0.25) is 0 Å². The summed E-state index contributed by atoms with van der Waals surface area (Å²) in [5, 5.41) is 11.5. The maximum Gasteiger partial charge on any atom is 0.154 e. The number of aromatic nitrogens is 1. The van der Waals surface area contributed by atoms with Gasteiger partial charge in [-0.05, 0) is 42.1 Å². The number of fused-ring (bicyclic) bond motifs is 1. The molecule has 1 saturated heterocycles. The van der Waals surface area contributed by atoms with E-state index in [4.69, 9.17) is 4.98 Å². The summed E-state index contributed by atoms with van der Waals surface area (Å²) in [6, 6.07) is 15.1. The summed E-state index contributed by atoms with van der Waals surface area (Å²) in [5.41, 5.74) is 3.96. The van der Waals surface area contributed by atoms with Gasteiger partial charge < -0.3 is 14.9 Å². The first kappa shape index (κ1) is 18.2. The predicted octanol–water partition coefficient (Wildman–Crippen LogP) is 3.64. The molecule has 0 saturated carbocycles. The van der Waals surface area contributed by atoms with Gasteiger partial charge >= 0.3 is 0 Å². The Bertz CT molecular complexity index is 1050. The average molecular weight is 373 g/mol. The van der Waals surface area contributed by atoms with E-state index in [1.165, 1.54) is 0 Å². The van der Waals surface area contributed by atoms with E-state index in [1.807, 2.05) is 42.5 Å². The zero-order chi connectivity index (χ0) is 19.7. The third-order valence-electron chi connectivity index (χ3n) is 5.38. The highest BCUT2D eigenvalue weighted by Crippen LogP contribution is 2.30. The molecule has 5 heteroatoms. The minimum absolute atomic E-state index is 0.00107. The number of rotatable bonds is 4. The minimum atomic E-state index is -0.00107. The number of nitrogens with zero attached hydrogens (tertiary/aromatic N) is 3. The summed E-state index contributed by atoms with van der Waals surface area (Å²) in [7, 11) is 2.13. The molecule has 0 radical (unpaired) electrons. The molecule has 0 bridgehead atoms. The molecule has 1 aliphatic rings. The molecule has 5 nitrogen and oxygen atoms in total. The van der Waals surface area contributed by atoms with Crippen LogP contribution in [-0.2, 0) is 0 Å². The van der Waals surface area contributed by atoms with Crippen molar-refractivity contribution in [2.75, 3.05) is 33.2 Å². The molecule has 4 rings (SSSR count). The van der Waals surface area contributed by atoms with Crippen LogP contribution in [0.3, 0.4) is 0 Å².